The summed E-state index contributed by atoms with van der Waals surface area (Å²) in [5.74, 6) is 0. The molecule has 2 nitrogen and oxygen atoms in total. The average molecular weight is 269 g/mol. The van der Waals surface area contributed by atoms with Crippen LogP contribution in [-0.4, -0.2) is 4.68 Å². The van der Waals surface area contributed by atoms with Gasteiger partial charge in [0.25, 0.3) is 0 Å². The van der Waals surface area contributed by atoms with Crippen molar-refractivity contribution in [3.63, 3.8) is 0 Å². The molecule has 0 bridgehead atoms. The van der Waals surface area contributed by atoms with Gasteiger partial charge in [-0.3, -0.25) is 4.68 Å². The zero-order valence-electron chi connectivity index (χ0n) is 9.80. The number of benzene rings is 1. The Morgan fingerprint density at radius 3 is 2.29 bits per heavy atom. The quantitative estimate of drug-likeness (QED) is 0.885. The fraction of sp³-hybridized carbons (Fsp3) is 0.231. The van der Waals surface area contributed by atoms with Crippen LogP contribution in [0, 0.1) is 13.8 Å². The van der Waals surface area contributed by atoms with E-state index in [9.17, 15) is 0 Å². The minimum absolute atomic E-state index is 0.659. The Kier molecular flexibility index (Phi) is 3.65. The molecular formula is C13H14Cl2N2. The zero-order valence-corrected chi connectivity index (χ0v) is 11.3. The third-order valence-electron chi connectivity index (χ3n) is 2.71. The number of hydrogen-bond acceptors (Lipinski definition) is 1. The normalized spacial score (nSPS) is 10.6. The van der Waals surface area contributed by atoms with Gasteiger partial charge in [-0.05, 0) is 43.7 Å². The molecule has 90 valence electrons. The number of rotatable bonds is 3. The van der Waals surface area contributed by atoms with Crippen molar-refractivity contribution >= 4 is 23.2 Å². The van der Waals surface area contributed by atoms with E-state index in [0.29, 0.717) is 16.6 Å². The second-order valence-corrected chi connectivity index (χ2v) is 4.87. The van der Waals surface area contributed by atoms with E-state index >= 15 is 0 Å². The van der Waals surface area contributed by atoms with Gasteiger partial charge in [-0.25, -0.2) is 0 Å². The van der Waals surface area contributed by atoms with Crippen LogP contribution >= 0.6 is 23.2 Å². The molecule has 0 aliphatic heterocycles. The number of nitrogens with zero attached hydrogens (tertiary/aromatic N) is 1. The Labute approximate surface area is 111 Å². The van der Waals surface area contributed by atoms with Gasteiger partial charge >= 0.3 is 0 Å². The number of nitrogens with one attached hydrogen (secondary N) is 1. The van der Waals surface area contributed by atoms with Crippen molar-refractivity contribution in [2.24, 2.45) is 0 Å². The van der Waals surface area contributed by atoms with Gasteiger partial charge in [0, 0.05) is 21.4 Å². The highest BCUT2D eigenvalue weighted by atomic mass is 35.5. The van der Waals surface area contributed by atoms with Crippen LogP contribution < -0.4 is 5.43 Å². The molecule has 0 saturated carbocycles. The summed E-state index contributed by atoms with van der Waals surface area (Å²) in [6.45, 7) is 4.79. The Hall–Kier alpha value is -1.12. The Morgan fingerprint density at radius 1 is 1.06 bits per heavy atom. The van der Waals surface area contributed by atoms with Crippen LogP contribution in [-0.2, 0) is 6.54 Å². The smallest absolute Gasteiger partial charge is 0.0579 e. The fourth-order valence-electron chi connectivity index (χ4n) is 1.75. The lowest BCUT2D eigenvalue weighted by Crippen LogP contribution is -2.17. The minimum atomic E-state index is 0.659. The molecule has 0 unspecified atom stereocenters. The summed E-state index contributed by atoms with van der Waals surface area (Å²) in [6, 6.07) is 9.69. The topological polar surface area (TPSA) is 17.0 Å². The molecule has 0 spiro atoms. The van der Waals surface area contributed by atoms with Crippen molar-refractivity contribution < 1.29 is 0 Å². The number of halogens is 2. The van der Waals surface area contributed by atoms with Crippen LogP contribution in [0.15, 0.2) is 30.3 Å². The third kappa shape index (κ3) is 2.76. The van der Waals surface area contributed by atoms with Crippen LogP contribution in [0.25, 0.3) is 0 Å². The largest absolute Gasteiger partial charge is 0.321 e. The second-order valence-electron chi connectivity index (χ2n) is 4.02. The predicted molar refractivity (Wildman–Crippen MR) is 73.4 cm³/mol. The number of hydrogen-bond donors (Lipinski definition) is 1. The molecule has 0 radical (unpaired) electrons. The van der Waals surface area contributed by atoms with Gasteiger partial charge in [0.15, 0.2) is 0 Å². The number of aromatic nitrogens is 1. The molecule has 1 aromatic heterocycles. The van der Waals surface area contributed by atoms with Crippen molar-refractivity contribution in [3.05, 3.63) is 57.3 Å². The van der Waals surface area contributed by atoms with E-state index < -0.39 is 0 Å². The maximum absolute atomic E-state index is 6.12. The summed E-state index contributed by atoms with van der Waals surface area (Å²) in [4.78, 5) is 0. The van der Waals surface area contributed by atoms with E-state index in [0.717, 1.165) is 5.56 Å². The van der Waals surface area contributed by atoms with E-state index in [1.54, 1.807) is 6.07 Å². The molecule has 17 heavy (non-hydrogen) atoms. The zero-order chi connectivity index (χ0) is 12.4. The van der Waals surface area contributed by atoms with E-state index in [4.69, 9.17) is 23.2 Å². The summed E-state index contributed by atoms with van der Waals surface area (Å²) in [7, 11) is 0. The molecule has 0 atom stereocenters. The maximum atomic E-state index is 6.12. The monoisotopic (exact) mass is 268 g/mol. The first kappa shape index (κ1) is 12.3. The van der Waals surface area contributed by atoms with E-state index in [1.165, 1.54) is 11.4 Å². The molecule has 2 rings (SSSR count). The standard InChI is InChI=1S/C13H14Cl2N2/c1-9-3-4-10(2)17(9)16-8-11-5-6-12(14)7-13(11)15/h3-7,16H,8H2,1-2H3. The van der Waals surface area contributed by atoms with Crippen molar-refractivity contribution in [1.29, 1.82) is 0 Å². The molecular weight excluding hydrogens is 255 g/mol. The molecule has 4 heteroatoms. The minimum Gasteiger partial charge on any atom is -0.321 e. The molecule has 2 aromatic rings. The lowest BCUT2D eigenvalue weighted by atomic mass is 10.2. The van der Waals surface area contributed by atoms with Gasteiger partial charge in [-0.15, -0.1) is 0 Å². The number of aryl methyl sites for hydroxylation is 2. The lowest BCUT2D eigenvalue weighted by molar-refractivity contribution is 0.792. The van der Waals surface area contributed by atoms with E-state index in [2.05, 4.69) is 31.4 Å². The molecule has 0 aliphatic carbocycles. The Morgan fingerprint density at radius 2 is 1.71 bits per heavy atom. The molecule has 1 heterocycles. The summed E-state index contributed by atoms with van der Waals surface area (Å²) in [6.07, 6.45) is 0. The highest BCUT2D eigenvalue weighted by molar-refractivity contribution is 6.35. The molecule has 0 amide bonds. The van der Waals surface area contributed by atoms with Crippen LogP contribution in [0.4, 0.5) is 0 Å². The van der Waals surface area contributed by atoms with Gasteiger partial charge in [0.2, 0.25) is 0 Å². The van der Waals surface area contributed by atoms with Gasteiger partial charge in [0.05, 0.1) is 6.54 Å². The first-order valence-electron chi connectivity index (χ1n) is 5.40. The molecule has 1 aromatic carbocycles. The second kappa shape index (κ2) is 5.03. The summed E-state index contributed by atoms with van der Waals surface area (Å²) >= 11 is 12.0. The van der Waals surface area contributed by atoms with Gasteiger partial charge in [-0.1, -0.05) is 29.3 Å². The third-order valence-corrected chi connectivity index (χ3v) is 3.30. The summed E-state index contributed by atoms with van der Waals surface area (Å²) < 4.78 is 2.05. The summed E-state index contributed by atoms with van der Waals surface area (Å²) in [5.41, 5.74) is 6.71. The van der Waals surface area contributed by atoms with Crippen LogP contribution in [0.1, 0.15) is 17.0 Å². The molecule has 0 fully saturated rings. The van der Waals surface area contributed by atoms with Crippen molar-refractivity contribution in [1.82, 2.24) is 4.68 Å². The Balaban J connectivity index is 2.13. The molecule has 0 saturated heterocycles. The van der Waals surface area contributed by atoms with E-state index in [1.807, 2.05) is 16.8 Å². The Bertz CT molecular complexity index is 513. The highest BCUT2D eigenvalue weighted by Gasteiger charge is 2.03. The van der Waals surface area contributed by atoms with Gasteiger partial charge in [-0.2, -0.15) is 0 Å². The van der Waals surface area contributed by atoms with Gasteiger partial charge in [0.1, 0.15) is 0 Å². The van der Waals surface area contributed by atoms with Crippen molar-refractivity contribution in [2.45, 2.75) is 20.4 Å². The van der Waals surface area contributed by atoms with Crippen molar-refractivity contribution in [2.75, 3.05) is 5.43 Å². The fourth-order valence-corrected chi connectivity index (χ4v) is 2.22. The molecule has 0 aliphatic rings. The average Bonchev–Trinajstić information content (AvgIpc) is 2.58. The lowest BCUT2D eigenvalue weighted by Gasteiger charge is -2.13. The van der Waals surface area contributed by atoms with Gasteiger partial charge < -0.3 is 5.43 Å². The van der Waals surface area contributed by atoms with E-state index in [-0.39, 0.29) is 0 Å². The predicted octanol–water partition coefficient (Wildman–Crippen LogP) is 4.16. The highest BCUT2D eigenvalue weighted by Crippen LogP contribution is 2.21. The maximum Gasteiger partial charge on any atom is 0.0579 e. The van der Waals surface area contributed by atoms with Crippen molar-refractivity contribution in [3.8, 4) is 0 Å². The molecule has 1 N–H and O–H groups in total. The van der Waals surface area contributed by atoms with Crippen LogP contribution in [0.2, 0.25) is 10.0 Å². The first-order chi connectivity index (χ1) is 8.08. The summed E-state index contributed by atoms with van der Waals surface area (Å²) in [5, 5.41) is 1.35. The SMILES string of the molecule is Cc1ccc(C)n1NCc1ccc(Cl)cc1Cl. The van der Waals surface area contributed by atoms with Crippen LogP contribution in [0.5, 0.6) is 0 Å². The van der Waals surface area contributed by atoms with Crippen LogP contribution in [0.3, 0.4) is 0 Å². The first-order valence-corrected chi connectivity index (χ1v) is 6.16.